The maximum Gasteiger partial charge on any atom is 0.253 e. The summed E-state index contributed by atoms with van der Waals surface area (Å²) in [6.45, 7) is 11.3. The zero-order valence-electron chi connectivity index (χ0n) is 14.4. The second kappa shape index (κ2) is 9.39. The van der Waals surface area contributed by atoms with Gasteiger partial charge in [0, 0.05) is 49.9 Å². The Hall–Kier alpha value is -2.11. The molecule has 0 saturated carbocycles. The van der Waals surface area contributed by atoms with E-state index < -0.39 is 0 Å². The zero-order chi connectivity index (χ0) is 18.2. The number of hydrogen-bond acceptors (Lipinski definition) is 3. The molecule has 1 saturated heterocycles. The molecule has 1 aromatic rings. The number of amides is 2. The molecule has 1 aliphatic rings. The molecule has 0 bridgehead atoms. The molecule has 1 fully saturated rings. The van der Waals surface area contributed by atoms with Crippen LogP contribution in [0.3, 0.4) is 0 Å². The van der Waals surface area contributed by atoms with Crippen LogP contribution in [0.25, 0.3) is 0 Å². The highest BCUT2D eigenvalue weighted by molar-refractivity contribution is 6.30. The van der Waals surface area contributed by atoms with Crippen molar-refractivity contribution >= 4 is 23.4 Å². The van der Waals surface area contributed by atoms with Crippen LogP contribution in [0, 0.1) is 0 Å². The lowest BCUT2D eigenvalue weighted by Gasteiger charge is -2.35. The summed E-state index contributed by atoms with van der Waals surface area (Å²) in [5.74, 6) is 0.0304. The highest BCUT2D eigenvalue weighted by Crippen LogP contribution is 2.14. The highest BCUT2D eigenvalue weighted by Gasteiger charge is 2.24. The minimum atomic E-state index is -0.0200. The lowest BCUT2D eigenvalue weighted by Crippen LogP contribution is -2.51. The van der Waals surface area contributed by atoms with E-state index in [0.717, 1.165) is 0 Å². The molecule has 0 N–H and O–H groups in total. The second-order valence-electron chi connectivity index (χ2n) is 5.95. The first kappa shape index (κ1) is 19.2. The van der Waals surface area contributed by atoms with E-state index in [-0.39, 0.29) is 11.8 Å². The van der Waals surface area contributed by atoms with Crippen molar-refractivity contribution in [1.82, 2.24) is 14.7 Å². The van der Waals surface area contributed by atoms with Gasteiger partial charge in [-0.2, -0.15) is 0 Å². The number of rotatable bonds is 7. The van der Waals surface area contributed by atoms with E-state index in [1.807, 2.05) is 0 Å². The van der Waals surface area contributed by atoms with Crippen molar-refractivity contribution in [3.05, 3.63) is 60.2 Å². The lowest BCUT2D eigenvalue weighted by molar-refractivity contribution is -0.131. The fourth-order valence-corrected chi connectivity index (χ4v) is 2.98. The summed E-state index contributed by atoms with van der Waals surface area (Å²) < 4.78 is 0. The fraction of sp³-hybridized carbons (Fsp3) is 0.368. The van der Waals surface area contributed by atoms with Crippen molar-refractivity contribution < 1.29 is 9.59 Å². The van der Waals surface area contributed by atoms with Crippen LogP contribution in [0.1, 0.15) is 10.4 Å². The predicted molar refractivity (Wildman–Crippen MR) is 101 cm³/mol. The third-order valence-electron chi connectivity index (χ3n) is 4.14. The first-order valence-corrected chi connectivity index (χ1v) is 8.69. The van der Waals surface area contributed by atoms with Crippen LogP contribution in [0.4, 0.5) is 0 Å². The Labute approximate surface area is 154 Å². The van der Waals surface area contributed by atoms with E-state index in [2.05, 4.69) is 18.1 Å². The van der Waals surface area contributed by atoms with E-state index >= 15 is 0 Å². The van der Waals surface area contributed by atoms with Gasteiger partial charge in [-0.3, -0.25) is 14.5 Å². The Morgan fingerprint density at radius 2 is 1.76 bits per heavy atom. The molecule has 1 heterocycles. The van der Waals surface area contributed by atoms with Crippen molar-refractivity contribution in [2.75, 3.05) is 45.8 Å². The molecule has 2 rings (SSSR count). The van der Waals surface area contributed by atoms with Crippen molar-refractivity contribution in [3.8, 4) is 0 Å². The second-order valence-corrected chi connectivity index (χ2v) is 6.39. The predicted octanol–water partition coefficient (Wildman–Crippen LogP) is 2.30. The Morgan fingerprint density at radius 1 is 1.12 bits per heavy atom. The molecule has 0 atom stereocenters. The molecule has 5 nitrogen and oxygen atoms in total. The van der Waals surface area contributed by atoms with Gasteiger partial charge in [0.25, 0.3) is 5.91 Å². The molecule has 2 amide bonds. The molecule has 0 aliphatic carbocycles. The van der Waals surface area contributed by atoms with E-state index in [1.165, 1.54) is 0 Å². The SMILES string of the molecule is C=CCN(CC=C)C(=O)CN1CCN(C(=O)c2cccc(Cl)c2)CC1. The van der Waals surface area contributed by atoms with Gasteiger partial charge in [0.05, 0.1) is 6.54 Å². The molecule has 25 heavy (non-hydrogen) atoms. The third-order valence-corrected chi connectivity index (χ3v) is 4.38. The Bertz CT molecular complexity index is 629. The van der Waals surface area contributed by atoms with Crippen molar-refractivity contribution in [2.45, 2.75) is 0 Å². The molecule has 0 radical (unpaired) electrons. The smallest absolute Gasteiger partial charge is 0.253 e. The monoisotopic (exact) mass is 361 g/mol. The highest BCUT2D eigenvalue weighted by atomic mass is 35.5. The van der Waals surface area contributed by atoms with Gasteiger partial charge >= 0.3 is 0 Å². The number of nitrogens with zero attached hydrogens (tertiary/aromatic N) is 3. The minimum absolute atomic E-state index is 0.0200. The molecule has 134 valence electrons. The standard InChI is InChI=1S/C19H24ClN3O2/c1-3-8-22(9-4-2)18(24)15-21-10-12-23(13-11-21)19(25)16-6-5-7-17(20)14-16/h3-7,14H,1-2,8-13,15H2. The van der Waals surface area contributed by atoms with E-state index in [1.54, 1.807) is 46.2 Å². The summed E-state index contributed by atoms with van der Waals surface area (Å²) >= 11 is 5.95. The lowest BCUT2D eigenvalue weighted by atomic mass is 10.2. The number of carbonyl (C=O) groups is 2. The molecule has 1 aromatic carbocycles. The van der Waals surface area contributed by atoms with Crippen molar-refractivity contribution in [2.24, 2.45) is 0 Å². The average molecular weight is 362 g/mol. The topological polar surface area (TPSA) is 43.9 Å². The van der Waals surface area contributed by atoms with Crippen molar-refractivity contribution in [3.63, 3.8) is 0 Å². The minimum Gasteiger partial charge on any atom is -0.336 e. The number of hydrogen-bond donors (Lipinski definition) is 0. The molecule has 1 aliphatic heterocycles. The fourth-order valence-electron chi connectivity index (χ4n) is 2.79. The van der Waals surface area contributed by atoms with Gasteiger partial charge in [0.15, 0.2) is 0 Å². The van der Waals surface area contributed by atoms with Crippen molar-refractivity contribution in [1.29, 1.82) is 0 Å². The molecule has 0 unspecified atom stereocenters. The van der Waals surface area contributed by atoms with Crippen LogP contribution in [-0.2, 0) is 4.79 Å². The van der Waals surface area contributed by atoms with Crippen LogP contribution in [-0.4, -0.2) is 72.3 Å². The molecular weight excluding hydrogens is 338 g/mol. The molecular formula is C19H24ClN3O2. The summed E-state index contributed by atoms with van der Waals surface area (Å²) in [5.41, 5.74) is 0.597. The first-order chi connectivity index (χ1) is 12.0. The van der Waals surface area contributed by atoms with Gasteiger partial charge in [0.1, 0.15) is 0 Å². The van der Waals surface area contributed by atoms with Gasteiger partial charge < -0.3 is 9.80 Å². The maximum absolute atomic E-state index is 12.5. The van der Waals surface area contributed by atoms with E-state index in [0.29, 0.717) is 56.4 Å². The summed E-state index contributed by atoms with van der Waals surface area (Å²) in [5, 5.41) is 0.555. The summed E-state index contributed by atoms with van der Waals surface area (Å²) in [6.07, 6.45) is 3.42. The normalized spacial score (nSPS) is 14.8. The molecule has 0 spiro atoms. The molecule has 6 heteroatoms. The number of benzene rings is 1. The van der Waals surface area contributed by atoms with Crippen LogP contribution in [0.15, 0.2) is 49.6 Å². The number of carbonyl (C=O) groups excluding carboxylic acids is 2. The van der Waals surface area contributed by atoms with Crippen LogP contribution in [0.2, 0.25) is 5.02 Å². The van der Waals surface area contributed by atoms with E-state index in [4.69, 9.17) is 11.6 Å². The summed E-state index contributed by atoms with van der Waals surface area (Å²) in [6, 6.07) is 6.98. The first-order valence-electron chi connectivity index (χ1n) is 8.32. The van der Waals surface area contributed by atoms with Gasteiger partial charge in [-0.25, -0.2) is 0 Å². The summed E-state index contributed by atoms with van der Waals surface area (Å²) in [7, 11) is 0. The number of halogens is 1. The quantitative estimate of drug-likeness (QED) is 0.700. The van der Waals surface area contributed by atoms with Crippen LogP contribution in [0.5, 0.6) is 0 Å². The largest absolute Gasteiger partial charge is 0.336 e. The summed E-state index contributed by atoms with van der Waals surface area (Å²) in [4.78, 5) is 30.5. The van der Waals surface area contributed by atoms with E-state index in [9.17, 15) is 9.59 Å². The van der Waals surface area contributed by atoms with Gasteiger partial charge in [0.2, 0.25) is 5.91 Å². The van der Waals surface area contributed by atoms with Gasteiger partial charge in [-0.05, 0) is 18.2 Å². The van der Waals surface area contributed by atoms with Gasteiger partial charge in [-0.15, -0.1) is 13.2 Å². The third kappa shape index (κ3) is 5.44. The maximum atomic E-state index is 12.5. The molecule has 0 aromatic heterocycles. The zero-order valence-corrected chi connectivity index (χ0v) is 15.1. The number of piperazine rings is 1. The van der Waals surface area contributed by atoms with Crippen LogP contribution < -0.4 is 0 Å². The average Bonchev–Trinajstić information content (AvgIpc) is 2.61. The van der Waals surface area contributed by atoms with Gasteiger partial charge in [-0.1, -0.05) is 29.8 Å². The van der Waals surface area contributed by atoms with Crippen LogP contribution >= 0.6 is 11.6 Å². The Kier molecular flexibility index (Phi) is 7.22. The Morgan fingerprint density at radius 3 is 2.32 bits per heavy atom. The Balaban J connectivity index is 1.86.